The summed E-state index contributed by atoms with van der Waals surface area (Å²) in [6.45, 7) is 4.83. The molecule has 0 radical (unpaired) electrons. The van der Waals surface area contributed by atoms with Crippen LogP contribution < -0.4 is 4.90 Å². The zero-order valence-electron chi connectivity index (χ0n) is 30.4. The van der Waals surface area contributed by atoms with E-state index >= 15 is 0 Å². The van der Waals surface area contributed by atoms with Crippen molar-refractivity contribution in [3.8, 4) is 16.8 Å². The third-order valence-corrected chi connectivity index (χ3v) is 12.2. The van der Waals surface area contributed by atoms with Gasteiger partial charge < -0.3 is 9.47 Å². The summed E-state index contributed by atoms with van der Waals surface area (Å²) in [6, 6.07) is 71.9. The molecule has 8 aromatic carbocycles. The Kier molecular flexibility index (Phi) is 6.55. The molecule has 2 heterocycles. The fraction of sp³-hybridized carbons (Fsp3) is 0.0769. The van der Waals surface area contributed by atoms with E-state index in [0.29, 0.717) is 0 Å². The van der Waals surface area contributed by atoms with Gasteiger partial charge in [-0.2, -0.15) is 0 Å². The minimum Gasteiger partial charge on any atom is -0.310 e. The molecular weight excluding hydrogens is 653 g/mol. The van der Waals surface area contributed by atoms with Gasteiger partial charge in [-0.05, 0) is 93.0 Å². The maximum Gasteiger partial charge on any atom is 0.0743 e. The Bertz CT molecular complexity index is 2810. The van der Waals surface area contributed by atoms with Gasteiger partial charge in [0.25, 0.3) is 0 Å². The summed E-state index contributed by atoms with van der Waals surface area (Å²) >= 11 is 0. The second kappa shape index (κ2) is 11.4. The van der Waals surface area contributed by atoms with Crippen molar-refractivity contribution >= 4 is 38.9 Å². The summed E-state index contributed by atoms with van der Waals surface area (Å²) < 4.78 is 2.58. The Labute approximate surface area is 316 Å². The summed E-state index contributed by atoms with van der Waals surface area (Å²) in [5, 5.41) is 2.61. The molecule has 0 unspecified atom stereocenters. The average molecular weight is 691 g/mol. The van der Waals surface area contributed by atoms with E-state index in [0.717, 1.165) is 17.1 Å². The first-order valence-electron chi connectivity index (χ1n) is 19.0. The lowest BCUT2D eigenvalue weighted by Gasteiger charge is -2.42. The molecule has 2 heteroatoms. The molecule has 1 aromatic heterocycles. The van der Waals surface area contributed by atoms with Crippen molar-refractivity contribution < 1.29 is 0 Å². The quantitative estimate of drug-likeness (QED) is 0.175. The highest BCUT2D eigenvalue weighted by atomic mass is 15.1. The predicted octanol–water partition coefficient (Wildman–Crippen LogP) is 13.3. The van der Waals surface area contributed by atoms with E-state index in [-0.39, 0.29) is 5.41 Å². The van der Waals surface area contributed by atoms with Crippen molar-refractivity contribution in [2.24, 2.45) is 0 Å². The Morgan fingerprint density at radius 3 is 1.61 bits per heavy atom. The van der Waals surface area contributed by atoms with Crippen LogP contribution in [0.2, 0.25) is 0 Å². The van der Waals surface area contributed by atoms with Gasteiger partial charge in [0, 0.05) is 33.2 Å². The molecule has 0 saturated carbocycles. The molecule has 9 aromatic rings. The summed E-state index contributed by atoms with van der Waals surface area (Å²) in [5.41, 5.74) is 16.9. The summed E-state index contributed by atoms with van der Waals surface area (Å²) in [7, 11) is 0. The van der Waals surface area contributed by atoms with E-state index in [4.69, 9.17) is 0 Å². The molecule has 0 amide bonds. The first-order chi connectivity index (χ1) is 26.6. The number of hydrogen-bond acceptors (Lipinski definition) is 1. The fourth-order valence-corrected chi connectivity index (χ4v) is 10.1. The van der Waals surface area contributed by atoms with Crippen LogP contribution in [0.3, 0.4) is 0 Å². The minimum absolute atomic E-state index is 0.192. The van der Waals surface area contributed by atoms with Crippen LogP contribution in [-0.4, -0.2) is 4.57 Å². The largest absolute Gasteiger partial charge is 0.310 e. The molecule has 0 saturated heterocycles. The van der Waals surface area contributed by atoms with Crippen molar-refractivity contribution in [1.82, 2.24) is 4.57 Å². The second-order valence-corrected chi connectivity index (χ2v) is 15.3. The molecule has 2 aliphatic rings. The SMILES string of the molecule is CC1(C)c2ccccc2-c2ccc3c(c21)c1cc(N(c2ccccc2)c2ccccc2)cc2c1n3-c1ccccc1C2(c1ccccc1)c1ccccc1. The van der Waals surface area contributed by atoms with E-state index in [1.54, 1.807) is 0 Å². The van der Waals surface area contributed by atoms with E-state index in [1.807, 2.05) is 0 Å². The smallest absolute Gasteiger partial charge is 0.0743 e. The zero-order chi connectivity index (χ0) is 36.0. The summed E-state index contributed by atoms with van der Waals surface area (Å²) in [6.07, 6.45) is 0. The number of fused-ring (bicyclic) bond motifs is 9. The topological polar surface area (TPSA) is 8.17 Å². The Morgan fingerprint density at radius 2 is 0.981 bits per heavy atom. The van der Waals surface area contributed by atoms with E-state index in [1.165, 1.54) is 72.0 Å². The molecule has 0 N–H and O–H groups in total. The second-order valence-electron chi connectivity index (χ2n) is 15.3. The van der Waals surface area contributed by atoms with Crippen molar-refractivity contribution in [3.63, 3.8) is 0 Å². The van der Waals surface area contributed by atoms with Gasteiger partial charge in [0.2, 0.25) is 0 Å². The molecule has 0 fully saturated rings. The molecule has 11 rings (SSSR count). The van der Waals surface area contributed by atoms with Crippen LogP contribution in [0.25, 0.3) is 38.6 Å². The molecule has 256 valence electrons. The molecule has 0 atom stereocenters. The average Bonchev–Trinajstić information content (AvgIpc) is 3.68. The number of para-hydroxylation sites is 3. The highest BCUT2D eigenvalue weighted by Gasteiger charge is 2.47. The third-order valence-electron chi connectivity index (χ3n) is 12.2. The summed E-state index contributed by atoms with van der Waals surface area (Å²) in [5.74, 6) is 0. The van der Waals surface area contributed by atoms with E-state index < -0.39 is 5.41 Å². The van der Waals surface area contributed by atoms with E-state index in [9.17, 15) is 0 Å². The summed E-state index contributed by atoms with van der Waals surface area (Å²) in [4.78, 5) is 2.43. The lowest BCUT2D eigenvalue weighted by Crippen LogP contribution is -2.35. The van der Waals surface area contributed by atoms with Crippen molar-refractivity contribution in [1.29, 1.82) is 0 Å². The maximum absolute atomic E-state index is 2.58. The maximum atomic E-state index is 2.58. The highest BCUT2D eigenvalue weighted by Crippen LogP contribution is 2.59. The van der Waals surface area contributed by atoms with Gasteiger partial charge in [0.1, 0.15) is 0 Å². The first-order valence-corrected chi connectivity index (χ1v) is 19.0. The number of anilines is 3. The minimum atomic E-state index is -0.599. The zero-order valence-corrected chi connectivity index (χ0v) is 30.4. The molecular formula is C52H38N2. The standard InChI is InChI=1S/C52H38N2/c1-51(2)43-28-16-15-27-40(43)41-31-32-47-48(49(41)51)42-33-39(53(37-23-11-5-12-24-37)38-25-13-6-14-26-38)34-45-50(42)54(47)46-30-18-17-29-44(46)52(45,35-19-7-3-8-20-35)36-21-9-4-10-22-36/h3-34H,1-2H3. The number of rotatable bonds is 5. The first kappa shape index (κ1) is 30.9. The number of nitrogens with zero attached hydrogens (tertiary/aromatic N) is 2. The van der Waals surface area contributed by atoms with Gasteiger partial charge in [-0.15, -0.1) is 0 Å². The molecule has 1 aliphatic carbocycles. The lowest BCUT2D eigenvalue weighted by molar-refractivity contribution is 0.666. The van der Waals surface area contributed by atoms with Crippen LogP contribution in [-0.2, 0) is 10.8 Å². The van der Waals surface area contributed by atoms with Gasteiger partial charge in [0.05, 0.1) is 22.1 Å². The number of aromatic nitrogens is 1. The van der Waals surface area contributed by atoms with Crippen molar-refractivity contribution in [3.05, 3.63) is 228 Å². The molecule has 1 aliphatic heterocycles. The van der Waals surface area contributed by atoms with Crippen LogP contribution in [0.5, 0.6) is 0 Å². The fourth-order valence-electron chi connectivity index (χ4n) is 10.1. The Morgan fingerprint density at radius 1 is 0.444 bits per heavy atom. The van der Waals surface area contributed by atoms with Crippen LogP contribution in [0.1, 0.15) is 47.2 Å². The van der Waals surface area contributed by atoms with Crippen LogP contribution in [0.15, 0.2) is 194 Å². The van der Waals surface area contributed by atoms with Crippen LogP contribution in [0.4, 0.5) is 17.1 Å². The van der Waals surface area contributed by atoms with Crippen LogP contribution in [0, 0.1) is 0 Å². The van der Waals surface area contributed by atoms with Crippen molar-refractivity contribution in [2.45, 2.75) is 24.7 Å². The number of benzene rings is 8. The van der Waals surface area contributed by atoms with Crippen molar-refractivity contribution in [2.75, 3.05) is 4.90 Å². The molecule has 54 heavy (non-hydrogen) atoms. The Balaban J connectivity index is 1.39. The predicted molar refractivity (Wildman–Crippen MR) is 225 cm³/mol. The molecule has 0 spiro atoms. The van der Waals surface area contributed by atoms with E-state index in [2.05, 4.69) is 217 Å². The van der Waals surface area contributed by atoms with Gasteiger partial charge in [-0.3, -0.25) is 0 Å². The monoisotopic (exact) mass is 690 g/mol. The molecule has 0 bridgehead atoms. The third kappa shape index (κ3) is 4.06. The lowest BCUT2D eigenvalue weighted by atomic mass is 9.63. The van der Waals surface area contributed by atoms with Crippen LogP contribution >= 0.6 is 0 Å². The Hall–Kier alpha value is -6.64. The molecule has 2 nitrogen and oxygen atoms in total. The van der Waals surface area contributed by atoms with Gasteiger partial charge in [-0.25, -0.2) is 0 Å². The number of hydrogen-bond donors (Lipinski definition) is 0. The highest BCUT2D eigenvalue weighted by molar-refractivity contribution is 6.17. The van der Waals surface area contributed by atoms with Gasteiger partial charge >= 0.3 is 0 Å². The van der Waals surface area contributed by atoms with Gasteiger partial charge in [0.15, 0.2) is 0 Å². The van der Waals surface area contributed by atoms with Gasteiger partial charge in [-0.1, -0.05) is 159 Å². The normalized spacial score (nSPS) is 14.4.